The molecule has 0 fully saturated rings. The molecule has 0 saturated carbocycles. The van der Waals surface area contributed by atoms with Gasteiger partial charge in [-0.15, -0.1) is 0 Å². The third-order valence-electron chi connectivity index (χ3n) is 3.11. The Labute approximate surface area is 120 Å². The molecule has 4 heteroatoms. The van der Waals surface area contributed by atoms with E-state index in [-0.39, 0.29) is 5.91 Å². The van der Waals surface area contributed by atoms with Crippen LogP contribution in [0.3, 0.4) is 0 Å². The van der Waals surface area contributed by atoms with Crippen molar-refractivity contribution in [3.8, 4) is 5.75 Å². The van der Waals surface area contributed by atoms with Crippen molar-refractivity contribution in [3.05, 3.63) is 29.8 Å². The average Bonchev–Trinajstić information content (AvgIpc) is 2.49. The highest BCUT2D eigenvalue weighted by Gasteiger charge is 2.14. The first-order valence-electron chi connectivity index (χ1n) is 7.02. The number of carbonyl (C=O) groups is 1. The van der Waals surface area contributed by atoms with Crippen LogP contribution in [0.1, 0.15) is 50.6 Å². The number of benzene rings is 1. The fraction of sp³-hybridized carbons (Fsp3) is 0.500. The van der Waals surface area contributed by atoms with E-state index in [4.69, 9.17) is 4.74 Å². The summed E-state index contributed by atoms with van der Waals surface area (Å²) in [7, 11) is 1.56. The molecule has 1 atom stereocenters. The monoisotopic (exact) mass is 276 g/mol. The Balaban J connectivity index is 2.53. The Hall–Kier alpha value is -1.84. The first-order chi connectivity index (χ1) is 9.71. The molecule has 1 aromatic rings. The van der Waals surface area contributed by atoms with Crippen LogP contribution in [-0.4, -0.2) is 19.3 Å². The van der Waals surface area contributed by atoms with Crippen molar-refractivity contribution < 1.29 is 14.3 Å². The van der Waals surface area contributed by atoms with Crippen LogP contribution in [0.15, 0.2) is 24.3 Å². The summed E-state index contributed by atoms with van der Waals surface area (Å²) in [6, 6.07) is 6.34. The van der Waals surface area contributed by atoms with E-state index in [1.165, 1.54) is 0 Å². The molecule has 109 valence electrons. The van der Waals surface area contributed by atoms with Crippen LogP contribution in [-0.2, 0) is 9.59 Å². The van der Waals surface area contributed by atoms with Gasteiger partial charge in [-0.2, -0.15) is 0 Å². The summed E-state index contributed by atoms with van der Waals surface area (Å²) in [6.07, 6.45) is 6.47. The summed E-state index contributed by atoms with van der Waals surface area (Å²) in [5.74, 6) is 0.539. The third kappa shape index (κ3) is 5.43. The highest BCUT2D eigenvalue weighted by molar-refractivity contribution is 5.80. The van der Waals surface area contributed by atoms with Crippen LogP contribution in [0.2, 0.25) is 0 Å². The molecule has 0 aromatic heterocycles. The molecule has 1 unspecified atom stereocenters. The Morgan fingerprint density at radius 2 is 2.15 bits per heavy atom. The van der Waals surface area contributed by atoms with Gasteiger partial charge >= 0.3 is 0 Å². The van der Waals surface area contributed by atoms with Gasteiger partial charge in [0, 0.05) is 6.42 Å². The van der Waals surface area contributed by atoms with Gasteiger partial charge in [-0.25, -0.2) is 0 Å². The minimum Gasteiger partial charge on any atom is -0.497 e. The first kappa shape index (κ1) is 16.2. The van der Waals surface area contributed by atoms with E-state index in [1.54, 1.807) is 31.4 Å². The predicted octanol–water partition coefficient (Wildman–Crippen LogP) is 2.93. The number of ether oxygens (including phenoxy) is 1. The quantitative estimate of drug-likeness (QED) is 0.705. The Morgan fingerprint density at radius 3 is 2.80 bits per heavy atom. The molecule has 0 saturated heterocycles. The predicted molar refractivity (Wildman–Crippen MR) is 78.3 cm³/mol. The van der Waals surface area contributed by atoms with Gasteiger partial charge in [0.05, 0.1) is 7.11 Å². The Morgan fingerprint density at radius 1 is 1.35 bits per heavy atom. The second-order valence-electron chi connectivity index (χ2n) is 4.71. The van der Waals surface area contributed by atoms with Crippen molar-refractivity contribution in [2.24, 2.45) is 0 Å². The topological polar surface area (TPSA) is 55.4 Å². The largest absolute Gasteiger partial charge is 0.497 e. The van der Waals surface area contributed by atoms with Crippen molar-refractivity contribution >= 4 is 12.2 Å². The van der Waals surface area contributed by atoms with E-state index in [1.807, 2.05) is 6.29 Å². The highest BCUT2D eigenvalue weighted by Crippen LogP contribution is 2.18. The van der Waals surface area contributed by atoms with E-state index in [2.05, 4.69) is 12.2 Å². The van der Waals surface area contributed by atoms with Gasteiger partial charge in [-0.3, -0.25) is 9.59 Å². The normalized spacial score (nSPS) is 11.7. The lowest BCUT2D eigenvalue weighted by Gasteiger charge is -2.13. The summed E-state index contributed by atoms with van der Waals surface area (Å²) in [5, 5.41) is 2.69. The lowest BCUT2D eigenvalue weighted by atomic mass is 10.1. The number of carbonyl (C=O) groups excluding carboxylic acids is 2. The third-order valence-corrected chi connectivity index (χ3v) is 3.11. The van der Waals surface area contributed by atoms with E-state index < -0.39 is 6.04 Å². The molecule has 1 aromatic carbocycles. The molecular weight excluding hydrogens is 254 g/mol. The van der Waals surface area contributed by atoms with Gasteiger partial charge in [-0.1, -0.05) is 38.3 Å². The maximum atomic E-state index is 11.8. The molecule has 0 aliphatic carbocycles. The van der Waals surface area contributed by atoms with Gasteiger partial charge in [0.25, 0.3) is 0 Å². The number of hydrogen-bond donors (Lipinski definition) is 1. The molecule has 0 heterocycles. The van der Waals surface area contributed by atoms with E-state index >= 15 is 0 Å². The standard InChI is InChI=1S/C16H22NO3/c1-3-4-5-6-10-16(19)17-15(12-18)13-8-7-9-14(11-13)20-2/h7-9,11,15H,3-6,10H2,1-2H3,(H,17,19). The minimum absolute atomic E-state index is 0.114. The van der Waals surface area contributed by atoms with E-state index in [9.17, 15) is 9.59 Å². The van der Waals surface area contributed by atoms with E-state index in [0.29, 0.717) is 17.7 Å². The van der Waals surface area contributed by atoms with Crippen LogP contribution < -0.4 is 10.1 Å². The van der Waals surface area contributed by atoms with Crippen LogP contribution in [0.25, 0.3) is 0 Å². The van der Waals surface area contributed by atoms with Gasteiger partial charge in [0.2, 0.25) is 12.2 Å². The zero-order chi connectivity index (χ0) is 14.8. The number of unbranched alkanes of at least 4 members (excludes halogenated alkanes) is 3. The number of hydrogen-bond acceptors (Lipinski definition) is 3. The lowest BCUT2D eigenvalue weighted by Crippen LogP contribution is -2.29. The number of amides is 1. The molecule has 4 nitrogen and oxygen atoms in total. The molecule has 1 amide bonds. The van der Waals surface area contributed by atoms with Crippen molar-refractivity contribution in [2.75, 3.05) is 7.11 Å². The SMILES string of the molecule is CCCCCCC(=O)NC([C]=O)c1cccc(OC)c1. The fourth-order valence-electron chi connectivity index (χ4n) is 1.95. The molecule has 1 radical (unpaired) electrons. The molecule has 1 N–H and O–H groups in total. The highest BCUT2D eigenvalue weighted by atomic mass is 16.5. The van der Waals surface area contributed by atoms with Crippen LogP contribution in [0.4, 0.5) is 0 Å². The second kappa shape index (κ2) is 9.13. The second-order valence-corrected chi connectivity index (χ2v) is 4.71. The van der Waals surface area contributed by atoms with E-state index in [0.717, 1.165) is 25.7 Å². The molecular formula is C16H22NO3. The summed E-state index contributed by atoms with van der Waals surface area (Å²) < 4.78 is 5.10. The van der Waals surface area contributed by atoms with Crippen molar-refractivity contribution in [2.45, 2.75) is 45.1 Å². The first-order valence-corrected chi connectivity index (χ1v) is 7.02. The van der Waals surface area contributed by atoms with Gasteiger partial charge < -0.3 is 10.1 Å². The summed E-state index contributed by atoms with van der Waals surface area (Å²) in [5.41, 5.74) is 0.682. The molecule has 0 aliphatic rings. The molecule has 0 spiro atoms. The molecule has 0 bridgehead atoms. The lowest BCUT2D eigenvalue weighted by molar-refractivity contribution is -0.121. The number of methoxy groups -OCH3 is 1. The number of nitrogens with one attached hydrogen (secondary N) is 1. The fourth-order valence-corrected chi connectivity index (χ4v) is 1.95. The minimum atomic E-state index is -0.733. The van der Waals surface area contributed by atoms with Gasteiger partial charge in [0.15, 0.2) is 0 Å². The Kier molecular flexibility index (Phi) is 7.40. The van der Waals surface area contributed by atoms with Crippen molar-refractivity contribution in [3.63, 3.8) is 0 Å². The van der Waals surface area contributed by atoms with Gasteiger partial charge in [-0.05, 0) is 24.1 Å². The molecule has 0 aliphatic heterocycles. The van der Waals surface area contributed by atoms with Crippen LogP contribution >= 0.6 is 0 Å². The van der Waals surface area contributed by atoms with Gasteiger partial charge in [0.1, 0.15) is 11.8 Å². The average molecular weight is 276 g/mol. The number of rotatable bonds is 9. The summed E-state index contributed by atoms with van der Waals surface area (Å²) in [4.78, 5) is 22.8. The van der Waals surface area contributed by atoms with Crippen molar-refractivity contribution in [1.82, 2.24) is 5.32 Å². The van der Waals surface area contributed by atoms with Crippen molar-refractivity contribution in [1.29, 1.82) is 0 Å². The maximum Gasteiger partial charge on any atom is 0.227 e. The summed E-state index contributed by atoms with van der Waals surface area (Å²) in [6.45, 7) is 2.13. The zero-order valence-electron chi connectivity index (χ0n) is 12.1. The zero-order valence-corrected chi connectivity index (χ0v) is 12.1. The van der Waals surface area contributed by atoms with Crippen LogP contribution in [0.5, 0.6) is 5.75 Å². The molecule has 20 heavy (non-hydrogen) atoms. The Bertz CT molecular complexity index is 431. The maximum absolute atomic E-state index is 11.8. The smallest absolute Gasteiger partial charge is 0.227 e. The van der Waals surface area contributed by atoms with Crippen LogP contribution in [0, 0.1) is 0 Å². The molecule has 1 rings (SSSR count). The summed E-state index contributed by atoms with van der Waals surface area (Å²) >= 11 is 0.